The molecule has 0 amide bonds. The van der Waals surface area contributed by atoms with E-state index in [1.807, 2.05) is 0 Å². The summed E-state index contributed by atoms with van der Waals surface area (Å²) >= 11 is 0. The van der Waals surface area contributed by atoms with Gasteiger partial charge in [-0.3, -0.25) is 4.57 Å². The van der Waals surface area contributed by atoms with Gasteiger partial charge in [-0.25, -0.2) is 13.9 Å². The van der Waals surface area contributed by atoms with Crippen LogP contribution >= 0.6 is 0 Å². The van der Waals surface area contributed by atoms with Gasteiger partial charge < -0.3 is 4.52 Å². The van der Waals surface area contributed by atoms with Crippen molar-refractivity contribution in [1.82, 2.24) is 24.5 Å². The van der Waals surface area contributed by atoms with Crippen molar-refractivity contribution < 1.29 is 8.91 Å². The smallest absolute Gasteiger partial charge is 0.337 e. The number of rotatable bonds is 3. The van der Waals surface area contributed by atoms with Crippen molar-refractivity contribution >= 4 is 0 Å². The van der Waals surface area contributed by atoms with E-state index in [1.165, 1.54) is 21.6 Å². The lowest BCUT2D eigenvalue weighted by molar-refractivity contribution is 0.364. The molecular formula is C13H12FN5O2. The van der Waals surface area contributed by atoms with E-state index in [-0.39, 0.29) is 29.8 Å². The first-order valence-corrected chi connectivity index (χ1v) is 6.22. The first-order chi connectivity index (χ1) is 10.0. The Kier molecular flexibility index (Phi) is 3.13. The van der Waals surface area contributed by atoms with Crippen molar-refractivity contribution in [3.05, 3.63) is 52.3 Å². The number of halogens is 1. The van der Waals surface area contributed by atoms with Crippen LogP contribution in [0.2, 0.25) is 0 Å². The van der Waals surface area contributed by atoms with E-state index in [2.05, 4.69) is 15.2 Å². The van der Waals surface area contributed by atoms with Crippen LogP contribution in [0.5, 0.6) is 0 Å². The lowest BCUT2D eigenvalue weighted by Gasteiger charge is -1.97. The summed E-state index contributed by atoms with van der Waals surface area (Å²) in [4.78, 5) is 15.8. The third-order valence-corrected chi connectivity index (χ3v) is 3.07. The molecule has 0 fully saturated rings. The summed E-state index contributed by atoms with van der Waals surface area (Å²) in [6, 6.07) is 4.70. The summed E-state index contributed by atoms with van der Waals surface area (Å²) in [6.45, 7) is 1.75. The maximum Gasteiger partial charge on any atom is 0.345 e. The minimum atomic E-state index is -0.334. The molecule has 0 radical (unpaired) electrons. The van der Waals surface area contributed by atoms with E-state index < -0.39 is 0 Å². The zero-order valence-electron chi connectivity index (χ0n) is 11.4. The van der Waals surface area contributed by atoms with E-state index in [9.17, 15) is 9.18 Å². The van der Waals surface area contributed by atoms with Crippen molar-refractivity contribution in [1.29, 1.82) is 0 Å². The molecule has 0 aliphatic carbocycles. The Labute approximate surface area is 118 Å². The lowest BCUT2D eigenvalue weighted by Crippen LogP contribution is -2.23. The van der Waals surface area contributed by atoms with E-state index in [4.69, 9.17) is 4.52 Å². The summed E-state index contributed by atoms with van der Waals surface area (Å²) in [6.07, 6.45) is 1.40. The van der Waals surface area contributed by atoms with Crippen LogP contribution in [-0.2, 0) is 13.6 Å². The highest BCUT2D eigenvalue weighted by Crippen LogP contribution is 2.19. The molecule has 3 rings (SSSR count). The van der Waals surface area contributed by atoms with E-state index >= 15 is 0 Å². The summed E-state index contributed by atoms with van der Waals surface area (Å²) in [5.41, 5.74) is 0.778. The van der Waals surface area contributed by atoms with Crippen molar-refractivity contribution in [2.75, 3.05) is 0 Å². The summed E-state index contributed by atoms with van der Waals surface area (Å²) in [7, 11) is 1.60. The van der Waals surface area contributed by atoms with Crippen LogP contribution in [0, 0.1) is 12.7 Å². The molecule has 0 atom stereocenters. The molecular weight excluding hydrogens is 277 g/mol. The van der Waals surface area contributed by atoms with Gasteiger partial charge in [0, 0.05) is 12.6 Å². The third-order valence-electron chi connectivity index (χ3n) is 3.07. The topological polar surface area (TPSA) is 78.7 Å². The Morgan fingerprint density at radius 1 is 1.38 bits per heavy atom. The fraction of sp³-hybridized carbons (Fsp3) is 0.231. The summed E-state index contributed by atoms with van der Waals surface area (Å²) in [5, 5.41) is 7.68. The zero-order chi connectivity index (χ0) is 15.0. The highest BCUT2D eigenvalue weighted by Gasteiger charge is 2.12. The molecule has 1 aromatic carbocycles. The van der Waals surface area contributed by atoms with Crippen LogP contribution in [-0.4, -0.2) is 24.5 Å². The number of aryl methyl sites for hydroxylation is 2. The minimum Gasteiger partial charge on any atom is -0.337 e. The second-order valence-electron chi connectivity index (χ2n) is 4.66. The average molecular weight is 289 g/mol. The summed E-state index contributed by atoms with van der Waals surface area (Å²) < 4.78 is 21.1. The molecule has 8 heteroatoms. The predicted octanol–water partition coefficient (Wildman–Crippen LogP) is 1.13. The first-order valence-electron chi connectivity index (χ1n) is 6.22. The Morgan fingerprint density at radius 2 is 2.19 bits per heavy atom. The Bertz CT molecular complexity index is 848. The number of hydrogen-bond donors (Lipinski definition) is 0. The molecule has 2 heterocycles. The third kappa shape index (κ3) is 2.47. The van der Waals surface area contributed by atoms with Crippen molar-refractivity contribution in [3.8, 4) is 11.4 Å². The molecule has 0 saturated heterocycles. The molecule has 108 valence electrons. The fourth-order valence-electron chi connectivity index (χ4n) is 1.83. The van der Waals surface area contributed by atoms with Gasteiger partial charge >= 0.3 is 5.69 Å². The van der Waals surface area contributed by atoms with Gasteiger partial charge in [0.2, 0.25) is 11.7 Å². The Balaban J connectivity index is 1.88. The van der Waals surface area contributed by atoms with E-state index in [1.54, 1.807) is 26.1 Å². The highest BCUT2D eigenvalue weighted by atomic mass is 19.1. The quantitative estimate of drug-likeness (QED) is 0.722. The minimum absolute atomic E-state index is 0.0705. The standard InChI is InChI=1S/C13H12FN5O2/c1-8-3-4-9(5-10(8)14)12-16-11(21-17-12)6-19-13(20)18(2)7-15-19/h3-5,7H,6H2,1-2H3. The van der Waals surface area contributed by atoms with Gasteiger partial charge in [0.15, 0.2) is 0 Å². The molecule has 2 aromatic heterocycles. The van der Waals surface area contributed by atoms with Crippen LogP contribution < -0.4 is 5.69 Å². The molecule has 21 heavy (non-hydrogen) atoms. The number of benzene rings is 1. The largest absolute Gasteiger partial charge is 0.345 e. The van der Waals surface area contributed by atoms with Crippen LogP contribution in [0.15, 0.2) is 33.8 Å². The lowest BCUT2D eigenvalue weighted by atomic mass is 10.1. The van der Waals surface area contributed by atoms with Crippen LogP contribution in [0.1, 0.15) is 11.5 Å². The first kappa shape index (κ1) is 13.2. The molecule has 0 N–H and O–H groups in total. The van der Waals surface area contributed by atoms with Crippen molar-refractivity contribution in [2.24, 2.45) is 7.05 Å². The number of hydrogen-bond acceptors (Lipinski definition) is 5. The maximum absolute atomic E-state index is 13.5. The molecule has 0 aliphatic rings. The van der Waals surface area contributed by atoms with Gasteiger partial charge in [-0.2, -0.15) is 10.1 Å². The van der Waals surface area contributed by atoms with Crippen LogP contribution in [0.4, 0.5) is 4.39 Å². The predicted molar refractivity (Wildman–Crippen MR) is 71.0 cm³/mol. The number of aromatic nitrogens is 5. The van der Waals surface area contributed by atoms with Crippen molar-refractivity contribution in [2.45, 2.75) is 13.5 Å². The molecule has 0 spiro atoms. The van der Waals surface area contributed by atoms with Gasteiger partial charge in [-0.15, -0.1) is 0 Å². The van der Waals surface area contributed by atoms with Crippen molar-refractivity contribution in [3.63, 3.8) is 0 Å². The van der Waals surface area contributed by atoms with Gasteiger partial charge in [0.05, 0.1) is 0 Å². The van der Waals surface area contributed by atoms with E-state index in [0.29, 0.717) is 11.1 Å². The fourth-order valence-corrected chi connectivity index (χ4v) is 1.83. The number of nitrogens with zero attached hydrogens (tertiary/aromatic N) is 5. The average Bonchev–Trinajstić information content (AvgIpc) is 3.04. The molecule has 3 aromatic rings. The monoisotopic (exact) mass is 289 g/mol. The van der Waals surface area contributed by atoms with Crippen LogP contribution in [0.25, 0.3) is 11.4 Å². The summed E-state index contributed by atoms with van der Waals surface area (Å²) in [5.74, 6) is 0.166. The normalized spacial score (nSPS) is 11.0. The maximum atomic E-state index is 13.5. The molecule has 0 aliphatic heterocycles. The molecule has 0 bridgehead atoms. The van der Waals surface area contributed by atoms with E-state index in [0.717, 1.165) is 0 Å². The second kappa shape index (κ2) is 4.97. The molecule has 0 unspecified atom stereocenters. The Hall–Kier alpha value is -2.77. The zero-order valence-corrected chi connectivity index (χ0v) is 11.4. The Morgan fingerprint density at radius 3 is 2.86 bits per heavy atom. The van der Waals surface area contributed by atoms with Crippen LogP contribution in [0.3, 0.4) is 0 Å². The highest BCUT2D eigenvalue weighted by molar-refractivity contribution is 5.54. The van der Waals surface area contributed by atoms with Gasteiger partial charge in [0.1, 0.15) is 18.7 Å². The van der Waals surface area contributed by atoms with Gasteiger partial charge in [-0.1, -0.05) is 17.3 Å². The SMILES string of the molecule is Cc1ccc(-c2noc(Cn3ncn(C)c3=O)n2)cc1F. The van der Waals surface area contributed by atoms with Gasteiger partial charge in [-0.05, 0) is 18.6 Å². The second-order valence-corrected chi connectivity index (χ2v) is 4.66. The molecule has 0 saturated carbocycles. The molecule has 7 nitrogen and oxygen atoms in total. The van der Waals surface area contributed by atoms with Gasteiger partial charge in [0.25, 0.3) is 0 Å².